The van der Waals surface area contributed by atoms with Crippen LogP contribution in [0.2, 0.25) is 0 Å². The van der Waals surface area contributed by atoms with Gasteiger partial charge in [0.2, 0.25) is 5.91 Å². The summed E-state index contributed by atoms with van der Waals surface area (Å²) in [5.41, 5.74) is 1.77. The smallest absolute Gasteiger partial charge is 0.445 e. The summed E-state index contributed by atoms with van der Waals surface area (Å²) in [7, 11) is 0. The van der Waals surface area contributed by atoms with Gasteiger partial charge in [0.15, 0.2) is 5.78 Å². The largest absolute Gasteiger partial charge is 0.460 e. The van der Waals surface area contributed by atoms with Crippen molar-refractivity contribution >= 4 is 23.4 Å². The number of carbonyl (C=O) groups is 3. The molecule has 0 radical (unpaired) electrons. The molecule has 6 rings (SSSR count). The molecule has 0 spiro atoms. The first-order chi connectivity index (χ1) is 31.2. The summed E-state index contributed by atoms with van der Waals surface area (Å²) in [4.78, 5) is 45.3. The standard InChI is InChI=1S/C48H41F13N2O4/c1-29(2)36-38-35(37(39(36)64)34-16-10-5-11-17-34)27-63(42(38,26-32-14-8-4-9-15-32)40(65)62-25-23-30-12-6-3-7-13-30)41(66)67-28-33-20-18-31(19-21-33)22-24-43(49,50)44(51,52)45(53,54)46(55,56)47(57,58)48(59,60)61/h3-21,38H,22-28H2,1-2H3,(H,62,65). The van der Waals surface area contributed by atoms with E-state index in [-0.39, 0.29) is 36.4 Å². The van der Waals surface area contributed by atoms with Gasteiger partial charge in [0, 0.05) is 43.0 Å². The molecule has 358 valence electrons. The third-order valence-electron chi connectivity index (χ3n) is 11.9. The van der Waals surface area contributed by atoms with Gasteiger partial charge in [-0.3, -0.25) is 14.5 Å². The topological polar surface area (TPSA) is 75.7 Å². The van der Waals surface area contributed by atoms with Crippen LogP contribution in [0, 0.1) is 5.92 Å². The summed E-state index contributed by atoms with van der Waals surface area (Å²) in [6.45, 7) is 2.77. The van der Waals surface area contributed by atoms with Crippen molar-refractivity contribution in [3.05, 3.63) is 160 Å². The number of carbonyl (C=O) groups excluding carboxylic acids is 3. The van der Waals surface area contributed by atoms with E-state index in [1.54, 1.807) is 74.5 Å². The lowest BCUT2D eigenvalue weighted by Gasteiger charge is -2.40. The Hall–Kier alpha value is -6.14. The SMILES string of the molecule is CC(C)=C1C(=O)C(c2ccccc2)=C2CN(C(=O)OCc3ccc(CCC(F)(F)C(F)(F)C(F)(F)C(F)(F)C(F)(F)C(F)(F)F)cc3)C(Cc3ccccc3)(C(=O)NCCc3ccccc3)C21. The number of alkyl halides is 13. The van der Waals surface area contributed by atoms with Gasteiger partial charge in [-0.2, -0.15) is 57.1 Å². The molecule has 1 saturated heterocycles. The van der Waals surface area contributed by atoms with Gasteiger partial charge in [-0.15, -0.1) is 0 Å². The quantitative estimate of drug-likeness (QED) is 0.0897. The third-order valence-corrected chi connectivity index (χ3v) is 11.9. The van der Waals surface area contributed by atoms with Crippen LogP contribution in [0.15, 0.2) is 132 Å². The van der Waals surface area contributed by atoms with Gasteiger partial charge in [0.05, 0.1) is 0 Å². The predicted octanol–water partition coefficient (Wildman–Crippen LogP) is 11.6. The third kappa shape index (κ3) is 9.04. The number of nitrogens with zero attached hydrogens (tertiary/aromatic N) is 1. The number of Topliss-reactive ketones (excluding diaryl/α,β-unsaturated/α-hetero) is 1. The number of fused-ring (bicyclic) bond motifs is 1. The minimum atomic E-state index is -7.99. The van der Waals surface area contributed by atoms with Crippen LogP contribution in [0.4, 0.5) is 61.9 Å². The molecule has 2 atom stereocenters. The van der Waals surface area contributed by atoms with E-state index in [1.165, 1.54) is 4.90 Å². The molecule has 1 fully saturated rings. The molecule has 0 bridgehead atoms. The molecule has 4 aromatic rings. The van der Waals surface area contributed by atoms with E-state index in [0.29, 0.717) is 39.8 Å². The van der Waals surface area contributed by atoms with Gasteiger partial charge >= 0.3 is 41.9 Å². The molecule has 19 heteroatoms. The molecule has 67 heavy (non-hydrogen) atoms. The first kappa shape index (κ1) is 50.3. The normalized spacial score (nSPS) is 18.3. The van der Waals surface area contributed by atoms with Gasteiger partial charge in [-0.1, -0.05) is 121 Å². The number of benzene rings is 4. The summed E-state index contributed by atoms with van der Waals surface area (Å²) in [5.74, 6) is -39.2. The van der Waals surface area contributed by atoms with Gasteiger partial charge < -0.3 is 10.1 Å². The summed E-state index contributed by atoms with van der Waals surface area (Å²) < 4.78 is 183. The van der Waals surface area contributed by atoms with Crippen molar-refractivity contribution in [2.45, 2.75) is 87.5 Å². The molecular formula is C48H41F13N2O4. The van der Waals surface area contributed by atoms with Crippen molar-refractivity contribution < 1.29 is 76.2 Å². The van der Waals surface area contributed by atoms with E-state index in [4.69, 9.17) is 4.74 Å². The van der Waals surface area contributed by atoms with Crippen LogP contribution in [-0.2, 0) is 40.2 Å². The number of rotatable bonds is 16. The Balaban J connectivity index is 1.28. The lowest BCUT2D eigenvalue weighted by atomic mass is 9.74. The fourth-order valence-corrected chi connectivity index (χ4v) is 8.40. The van der Waals surface area contributed by atoms with Crippen molar-refractivity contribution in [2.75, 3.05) is 13.1 Å². The molecule has 2 unspecified atom stereocenters. The molecule has 0 saturated carbocycles. The van der Waals surface area contributed by atoms with Crippen LogP contribution in [0.25, 0.3) is 5.57 Å². The maximum absolute atomic E-state index is 15.1. The fourth-order valence-electron chi connectivity index (χ4n) is 8.40. The number of amides is 2. The highest BCUT2D eigenvalue weighted by Crippen LogP contribution is 2.61. The summed E-state index contributed by atoms with van der Waals surface area (Å²) in [6, 6.07) is 30.9. The molecule has 2 amide bonds. The summed E-state index contributed by atoms with van der Waals surface area (Å²) in [6.07, 6.45) is -11.9. The molecule has 0 aromatic heterocycles. The van der Waals surface area contributed by atoms with Crippen LogP contribution in [0.1, 0.15) is 48.1 Å². The zero-order valence-corrected chi connectivity index (χ0v) is 35.5. The first-order valence-corrected chi connectivity index (χ1v) is 20.6. The van der Waals surface area contributed by atoms with Crippen molar-refractivity contribution in [1.82, 2.24) is 10.2 Å². The number of hydrogen-bond donors (Lipinski definition) is 1. The maximum Gasteiger partial charge on any atom is 0.460 e. The minimum absolute atomic E-state index is 0.0902. The van der Waals surface area contributed by atoms with Gasteiger partial charge in [0.25, 0.3) is 0 Å². The predicted molar refractivity (Wildman–Crippen MR) is 219 cm³/mol. The Labute approximate surface area is 375 Å². The number of nitrogens with one attached hydrogen (secondary N) is 1. The van der Waals surface area contributed by atoms with E-state index in [0.717, 1.165) is 29.8 Å². The Morgan fingerprint density at radius 3 is 1.67 bits per heavy atom. The second-order valence-electron chi connectivity index (χ2n) is 16.5. The van der Waals surface area contributed by atoms with E-state index in [2.05, 4.69) is 5.32 Å². The van der Waals surface area contributed by atoms with Crippen molar-refractivity contribution in [1.29, 1.82) is 0 Å². The number of hydrogen-bond acceptors (Lipinski definition) is 4. The summed E-state index contributed by atoms with van der Waals surface area (Å²) in [5, 5.41) is 3.00. The maximum atomic E-state index is 15.1. The van der Waals surface area contributed by atoms with Crippen LogP contribution in [-0.4, -0.2) is 77.1 Å². The second-order valence-corrected chi connectivity index (χ2v) is 16.5. The van der Waals surface area contributed by atoms with Crippen LogP contribution in [0.5, 0.6) is 0 Å². The molecule has 1 N–H and O–H groups in total. The molecule has 6 nitrogen and oxygen atoms in total. The zero-order valence-electron chi connectivity index (χ0n) is 35.5. The van der Waals surface area contributed by atoms with E-state index >= 15 is 4.79 Å². The first-order valence-electron chi connectivity index (χ1n) is 20.6. The zero-order chi connectivity index (χ0) is 49.4. The van der Waals surface area contributed by atoms with Crippen molar-refractivity contribution in [2.24, 2.45) is 5.92 Å². The van der Waals surface area contributed by atoms with Gasteiger partial charge in [-0.25, -0.2) is 4.79 Å². The highest BCUT2D eigenvalue weighted by atomic mass is 19.4. The number of aryl methyl sites for hydroxylation is 1. The highest BCUT2D eigenvalue weighted by molar-refractivity contribution is 6.34. The number of halogens is 13. The van der Waals surface area contributed by atoms with Crippen LogP contribution in [0.3, 0.4) is 0 Å². The van der Waals surface area contributed by atoms with Gasteiger partial charge in [0.1, 0.15) is 12.1 Å². The van der Waals surface area contributed by atoms with Crippen LogP contribution < -0.4 is 5.32 Å². The number of ether oxygens (including phenoxy) is 1. The molecular weight excluding hydrogens is 916 g/mol. The molecule has 2 aliphatic rings. The van der Waals surface area contributed by atoms with Crippen molar-refractivity contribution in [3.63, 3.8) is 0 Å². The Bertz CT molecular complexity index is 2510. The number of likely N-dealkylation sites (tertiary alicyclic amines) is 1. The summed E-state index contributed by atoms with van der Waals surface area (Å²) >= 11 is 0. The van der Waals surface area contributed by atoms with E-state index in [1.807, 2.05) is 30.3 Å². The molecule has 1 aliphatic carbocycles. The molecule has 1 heterocycles. The monoisotopic (exact) mass is 956 g/mol. The molecule has 4 aromatic carbocycles. The Morgan fingerprint density at radius 1 is 0.642 bits per heavy atom. The Morgan fingerprint density at radius 2 is 1.13 bits per heavy atom. The number of ketones is 1. The number of allylic oxidation sites excluding steroid dienone is 2. The average molecular weight is 957 g/mol. The second kappa shape index (κ2) is 18.5. The van der Waals surface area contributed by atoms with E-state index in [9.17, 15) is 66.7 Å². The van der Waals surface area contributed by atoms with Gasteiger partial charge in [-0.05, 0) is 60.1 Å². The van der Waals surface area contributed by atoms with Crippen LogP contribution >= 0.6 is 0 Å². The lowest BCUT2D eigenvalue weighted by molar-refractivity contribution is -0.440. The van der Waals surface area contributed by atoms with Crippen molar-refractivity contribution in [3.8, 4) is 0 Å². The lowest BCUT2D eigenvalue weighted by Crippen LogP contribution is -2.70. The Kier molecular flexibility index (Phi) is 13.9. The van der Waals surface area contributed by atoms with E-state index < -0.39 is 78.7 Å². The average Bonchev–Trinajstić information content (AvgIpc) is 3.76. The fraction of sp³-hybridized carbons (Fsp3) is 0.354. The highest BCUT2D eigenvalue weighted by Gasteiger charge is 2.90. The molecule has 1 aliphatic heterocycles. The minimum Gasteiger partial charge on any atom is -0.445 e.